The summed E-state index contributed by atoms with van der Waals surface area (Å²) in [5, 5.41) is 3.14. The van der Waals surface area contributed by atoms with Crippen LogP contribution in [0, 0.1) is 6.92 Å². The molecular weight excluding hydrogens is 340 g/mol. The molecule has 1 N–H and O–H groups in total. The molecule has 0 aliphatic carbocycles. The van der Waals surface area contributed by atoms with Crippen LogP contribution in [0.15, 0.2) is 18.2 Å². The number of benzene rings is 1. The third-order valence-electron chi connectivity index (χ3n) is 3.30. The van der Waals surface area contributed by atoms with Gasteiger partial charge in [-0.25, -0.2) is 8.42 Å². The van der Waals surface area contributed by atoms with Gasteiger partial charge in [-0.15, -0.1) is 0 Å². The van der Waals surface area contributed by atoms with Gasteiger partial charge in [-0.2, -0.15) is 0 Å². The van der Waals surface area contributed by atoms with Crippen molar-refractivity contribution in [2.24, 2.45) is 0 Å². The van der Waals surface area contributed by atoms with Crippen LogP contribution in [0.3, 0.4) is 0 Å². The van der Waals surface area contributed by atoms with Crippen LogP contribution in [0.1, 0.15) is 19.4 Å². The number of amides is 1. The minimum Gasteiger partial charge on any atom is -0.383 e. The lowest BCUT2D eigenvalue weighted by Crippen LogP contribution is -2.50. The monoisotopic (exact) mass is 362 g/mol. The van der Waals surface area contributed by atoms with Crippen LogP contribution >= 0.6 is 11.6 Å². The fourth-order valence-electron chi connectivity index (χ4n) is 2.26. The number of rotatable bonds is 7. The van der Waals surface area contributed by atoms with Gasteiger partial charge in [0, 0.05) is 18.2 Å². The molecule has 0 aliphatic heterocycles. The van der Waals surface area contributed by atoms with E-state index in [0.717, 1.165) is 10.6 Å². The highest BCUT2D eigenvalue weighted by Gasteiger charge is 2.30. The van der Waals surface area contributed by atoms with Crippen molar-refractivity contribution in [3.8, 4) is 0 Å². The second-order valence-electron chi connectivity index (χ2n) is 5.53. The van der Waals surface area contributed by atoms with Gasteiger partial charge in [0.1, 0.15) is 6.04 Å². The van der Waals surface area contributed by atoms with E-state index in [0.29, 0.717) is 22.9 Å². The number of hydrogen-bond donors (Lipinski definition) is 1. The maximum atomic E-state index is 12.4. The van der Waals surface area contributed by atoms with E-state index in [4.69, 9.17) is 16.3 Å². The van der Waals surface area contributed by atoms with Gasteiger partial charge >= 0.3 is 0 Å². The molecule has 0 aromatic heterocycles. The average Bonchev–Trinajstić information content (AvgIpc) is 2.41. The zero-order valence-electron chi connectivity index (χ0n) is 14.0. The summed E-state index contributed by atoms with van der Waals surface area (Å²) in [7, 11) is -2.13. The molecule has 0 radical (unpaired) electrons. The number of nitrogens with one attached hydrogen (secondary N) is 1. The predicted octanol–water partition coefficient (Wildman–Crippen LogP) is 1.95. The summed E-state index contributed by atoms with van der Waals surface area (Å²) >= 11 is 5.98. The summed E-state index contributed by atoms with van der Waals surface area (Å²) in [4.78, 5) is 12.4. The van der Waals surface area contributed by atoms with E-state index in [2.05, 4.69) is 5.32 Å². The van der Waals surface area contributed by atoms with Gasteiger partial charge in [0.05, 0.1) is 18.6 Å². The molecule has 0 saturated heterocycles. The van der Waals surface area contributed by atoms with E-state index in [1.165, 1.54) is 14.0 Å². The lowest BCUT2D eigenvalue weighted by Gasteiger charge is -2.30. The molecule has 1 aromatic rings. The van der Waals surface area contributed by atoms with Crippen LogP contribution in [-0.2, 0) is 19.6 Å². The van der Waals surface area contributed by atoms with E-state index >= 15 is 0 Å². The van der Waals surface area contributed by atoms with E-state index in [-0.39, 0.29) is 6.04 Å². The fourth-order valence-corrected chi connectivity index (χ4v) is 3.65. The van der Waals surface area contributed by atoms with Gasteiger partial charge < -0.3 is 10.1 Å². The molecule has 0 aliphatic rings. The number of nitrogens with zero attached hydrogens (tertiary/aromatic N) is 1. The zero-order chi connectivity index (χ0) is 17.8. The third kappa shape index (κ3) is 5.37. The highest BCUT2D eigenvalue weighted by Crippen LogP contribution is 2.28. The van der Waals surface area contributed by atoms with Crippen molar-refractivity contribution in [2.75, 3.05) is 24.3 Å². The molecule has 0 spiro atoms. The molecule has 8 heteroatoms. The van der Waals surface area contributed by atoms with Crippen LogP contribution in [0.4, 0.5) is 5.69 Å². The molecule has 130 valence electrons. The van der Waals surface area contributed by atoms with Crippen molar-refractivity contribution < 1.29 is 17.9 Å². The molecule has 0 saturated carbocycles. The van der Waals surface area contributed by atoms with Crippen LogP contribution < -0.4 is 9.62 Å². The molecule has 1 rings (SSSR count). The molecule has 6 nitrogen and oxygen atoms in total. The Labute approximate surface area is 142 Å². The van der Waals surface area contributed by atoms with Gasteiger partial charge in [-0.1, -0.05) is 17.7 Å². The molecule has 0 heterocycles. The number of ether oxygens (including phenoxy) is 1. The van der Waals surface area contributed by atoms with Crippen LogP contribution in [0.2, 0.25) is 5.02 Å². The number of methoxy groups -OCH3 is 1. The zero-order valence-corrected chi connectivity index (χ0v) is 15.5. The van der Waals surface area contributed by atoms with Crippen molar-refractivity contribution in [3.63, 3.8) is 0 Å². The number of carbonyl (C=O) groups excluding carboxylic acids is 1. The van der Waals surface area contributed by atoms with Gasteiger partial charge in [-0.05, 0) is 38.5 Å². The van der Waals surface area contributed by atoms with Crippen molar-refractivity contribution in [1.82, 2.24) is 5.32 Å². The largest absolute Gasteiger partial charge is 0.383 e. The Morgan fingerprint density at radius 1 is 1.39 bits per heavy atom. The number of halogens is 1. The maximum absolute atomic E-state index is 12.4. The smallest absolute Gasteiger partial charge is 0.243 e. The molecule has 23 heavy (non-hydrogen) atoms. The lowest BCUT2D eigenvalue weighted by molar-refractivity contribution is -0.122. The summed E-state index contributed by atoms with van der Waals surface area (Å²) in [5.41, 5.74) is 1.10. The molecule has 1 aromatic carbocycles. The van der Waals surface area contributed by atoms with E-state index in [1.807, 2.05) is 0 Å². The normalized spacial score (nSPS) is 14.2. The van der Waals surface area contributed by atoms with Gasteiger partial charge in [0.2, 0.25) is 15.9 Å². The van der Waals surface area contributed by atoms with Crippen molar-refractivity contribution in [3.05, 3.63) is 28.8 Å². The summed E-state index contributed by atoms with van der Waals surface area (Å²) in [6, 6.07) is 3.79. The Balaban J connectivity index is 3.17. The molecule has 2 atom stereocenters. The second-order valence-corrected chi connectivity index (χ2v) is 7.83. The Bertz CT molecular complexity index is 663. The topological polar surface area (TPSA) is 75.7 Å². The summed E-state index contributed by atoms with van der Waals surface area (Å²) in [6.07, 6.45) is 1.07. The van der Waals surface area contributed by atoms with E-state index in [9.17, 15) is 13.2 Å². The Hall–Kier alpha value is -1.31. The van der Waals surface area contributed by atoms with Crippen molar-refractivity contribution >= 4 is 33.2 Å². The van der Waals surface area contributed by atoms with Crippen LogP contribution in [0.5, 0.6) is 0 Å². The van der Waals surface area contributed by atoms with E-state index in [1.54, 1.807) is 32.0 Å². The Morgan fingerprint density at radius 2 is 2.00 bits per heavy atom. The molecule has 0 fully saturated rings. The minimum absolute atomic E-state index is 0.225. The SMILES string of the molecule is COC[C@@H](C)NC(=O)[C@@H](C)N(c1cc(Cl)ccc1C)S(C)(=O)=O. The van der Waals surface area contributed by atoms with Crippen LogP contribution in [-0.4, -0.2) is 46.4 Å². The number of anilines is 1. The first-order valence-electron chi connectivity index (χ1n) is 7.12. The van der Waals surface area contributed by atoms with Gasteiger partial charge in [0.15, 0.2) is 0 Å². The summed E-state index contributed by atoms with van der Waals surface area (Å²) in [5.74, 6) is -0.403. The maximum Gasteiger partial charge on any atom is 0.243 e. The Morgan fingerprint density at radius 3 is 2.52 bits per heavy atom. The van der Waals surface area contributed by atoms with Crippen molar-refractivity contribution in [1.29, 1.82) is 0 Å². The number of sulfonamides is 1. The standard InChI is InChI=1S/C15H23ClN2O4S/c1-10-6-7-13(16)8-14(10)18(23(5,20)21)12(3)15(19)17-11(2)9-22-4/h6-8,11-12H,9H2,1-5H3,(H,17,19)/t11-,12-/m1/s1. The highest BCUT2D eigenvalue weighted by atomic mass is 35.5. The third-order valence-corrected chi connectivity index (χ3v) is 4.77. The first kappa shape index (κ1) is 19.7. The second kappa shape index (κ2) is 7.99. The molecule has 0 bridgehead atoms. The first-order chi connectivity index (χ1) is 10.6. The summed E-state index contributed by atoms with van der Waals surface area (Å²) < 4.78 is 30.5. The number of hydrogen-bond acceptors (Lipinski definition) is 4. The minimum atomic E-state index is -3.67. The molecular formula is C15H23ClN2O4S. The molecule has 1 amide bonds. The Kier molecular flexibility index (Phi) is 6.85. The van der Waals surface area contributed by atoms with E-state index < -0.39 is 22.0 Å². The number of carbonyl (C=O) groups is 1. The summed E-state index contributed by atoms with van der Waals surface area (Å²) in [6.45, 7) is 5.43. The fraction of sp³-hybridized carbons (Fsp3) is 0.533. The molecule has 0 unspecified atom stereocenters. The predicted molar refractivity (Wildman–Crippen MR) is 92.5 cm³/mol. The number of aryl methyl sites for hydroxylation is 1. The average molecular weight is 363 g/mol. The quantitative estimate of drug-likeness (QED) is 0.804. The van der Waals surface area contributed by atoms with Crippen molar-refractivity contribution in [2.45, 2.75) is 32.9 Å². The first-order valence-corrected chi connectivity index (χ1v) is 9.35. The van der Waals surface area contributed by atoms with Crippen LogP contribution in [0.25, 0.3) is 0 Å². The highest BCUT2D eigenvalue weighted by molar-refractivity contribution is 7.92. The van der Waals surface area contributed by atoms with Gasteiger partial charge in [0.25, 0.3) is 0 Å². The lowest BCUT2D eigenvalue weighted by atomic mass is 10.1. The van der Waals surface area contributed by atoms with Gasteiger partial charge in [-0.3, -0.25) is 9.10 Å².